The van der Waals surface area contributed by atoms with Crippen molar-refractivity contribution in [2.75, 3.05) is 19.8 Å². The Balaban J connectivity index is 2.38. The number of carboxylic acid groups (broad SMARTS) is 1. The van der Waals surface area contributed by atoms with Crippen molar-refractivity contribution in [2.24, 2.45) is 0 Å². The molecule has 0 unspecified atom stereocenters. The molecule has 0 radical (unpaired) electrons. The predicted molar refractivity (Wildman–Crippen MR) is 67.1 cm³/mol. The fourth-order valence-corrected chi connectivity index (χ4v) is 2.01. The van der Waals surface area contributed by atoms with E-state index in [2.05, 4.69) is 0 Å². The summed E-state index contributed by atoms with van der Waals surface area (Å²) in [5.74, 6) is -0.945. The van der Waals surface area contributed by atoms with E-state index in [4.69, 9.17) is 14.6 Å². The van der Waals surface area contributed by atoms with Crippen LogP contribution in [0.1, 0.15) is 17.4 Å². The molecule has 0 spiro atoms. The molecule has 1 aromatic rings. The monoisotopic (exact) mass is 256 g/mol. The molecule has 1 heterocycles. The molecule has 4 nitrogen and oxygen atoms in total. The van der Waals surface area contributed by atoms with Crippen LogP contribution in [0.25, 0.3) is 6.08 Å². The number of thiophene rings is 1. The number of hydrogen-bond acceptors (Lipinski definition) is 4. The van der Waals surface area contributed by atoms with E-state index >= 15 is 0 Å². The molecular weight excluding hydrogens is 240 g/mol. The lowest BCUT2D eigenvalue weighted by molar-refractivity contribution is -0.131. The molecule has 0 aromatic carbocycles. The molecule has 0 aliphatic heterocycles. The maximum absolute atomic E-state index is 10.4. The van der Waals surface area contributed by atoms with E-state index in [9.17, 15) is 4.79 Å². The summed E-state index contributed by atoms with van der Waals surface area (Å²) in [6, 6.07) is 1.88. The standard InChI is InChI=1S/C12H16O4S/c1-2-15-6-7-16-9-11-10(5-8-17-11)3-4-12(13)14/h3-5,8H,2,6-7,9H2,1H3,(H,13,14). The quantitative estimate of drug-likeness (QED) is 0.573. The first-order valence-electron chi connectivity index (χ1n) is 5.37. The molecule has 1 N–H and O–H groups in total. The lowest BCUT2D eigenvalue weighted by atomic mass is 10.2. The van der Waals surface area contributed by atoms with E-state index in [0.29, 0.717) is 26.4 Å². The van der Waals surface area contributed by atoms with Crippen LogP contribution in [0.4, 0.5) is 0 Å². The van der Waals surface area contributed by atoms with Gasteiger partial charge in [-0.15, -0.1) is 11.3 Å². The van der Waals surface area contributed by atoms with Crippen LogP contribution in [0.15, 0.2) is 17.5 Å². The third-order valence-electron chi connectivity index (χ3n) is 1.99. The highest BCUT2D eigenvalue weighted by Crippen LogP contribution is 2.19. The Hall–Kier alpha value is -1.17. The first kappa shape index (κ1) is 13.9. The Morgan fingerprint density at radius 2 is 2.24 bits per heavy atom. The van der Waals surface area contributed by atoms with E-state index in [1.54, 1.807) is 17.4 Å². The minimum absolute atomic E-state index is 0.490. The van der Waals surface area contributed by atoms with Crippen LogP contribution < -0.4 is 0 Å². The zero-order valence-corrected chi connectivity index (χ0v) is 10.5. The topological polar surface area (TPSA) is 55.8 Å². The van der Waals surface area contributed by atoms with Gasteiger partial charge in [0.2, 0.25) is 0 Å². The van der Waals surface area contributed by atoms with Crippen molar-refractivity contribution in [3.8, 4) is 0 Å². The van der Waals surface area contributed by atoms with Crippen LogP contribution in [0.5, 0.6) is 0 Å². The van der Waals surface area contributed by atoms with Gasteiger partial charge in [-0.25, -0.2) is 4.79 Å². The summed E-state index contributed by atoms with van der Waals surface area (Å²) < 4.78 is 10.6. The summed E-state index contributed by atoms with van der Waals surface area (Å²) in [6.45, 7) is 4.25. The van der Waals surface area contributed by atoms with E-state index in [-0.39, 0.29) is 0 Å². The number of carboxylic acids is 1. The number of ether oxygens (including phenoxy) is 2. The highest BCUT2D eigenvalue weighted by Gasteiger charge is 2.02. The molecule has 0 saturated heterocycles. The summed E-state index contributed by atoms with van der Waals surface area (Å²) in [4.78, 5) is 11.4. The van der Waals surface area contributed by atoms with Gasteiger partial charge >= 0.3 is 5.97 Å². The molecule has 0 atom stereocenters. The lowest BCUT2D eigenvalue weighted by Crippen LogP contribution is -2.03. The van der Waals surface area contributed by atoms with Crippen molar-refractivity contribution in [1.82, 2.24) is 0 Å². The Labute approximate surface area is 104 Å². The first-order valence-corrected chi connectivity index (χ1v) is 6.25. The molecule has 0 fully saturated rings. The van der Waals surface area contributed by atoms with Crippen molar-refractivity contribution >= 4 is 23.4 Å². The van der Waals surface area contributed by atoms with Crippen LogP contribution in [-0.4, -0.2) is 30.9 Å². The molecule has 0 aliphatic carbocycles. The lowest BCUT2D eigenvalue weighted by Gasteiger charge is -2.03. The van der Waals surface area contributed by atoms with Crippen molar-refractivity contribution in [1.29, 1.82) is 0 Å². The van der Waals surface area contributed by atoms with E-state index in [1.807, 2.05) is 18.4 Å². The molecule has 1 rings (SSSR count). The molecule has 0 saturated carbocycles. The Kier molecular flexibility index (Phi) is 6.54. The summed E-state index contributed by atoms with van der Waals surface area (Å²) in [5, 5.41) is 10.5. The van der Waals surface area contributed by atoms with Gasteiger partial charge in [0.1, 0.15) is 0 Å². The van der Waals surface area contributed by atoms with Gasteiger partial charge in [0, 0.05) is 17.6 Å². The molecule has 17 heavy (non-hydrogen) atoms. The zero-order chi connectivity index (χ0) is 12.5. The normalized spacial score (nSPS) is 11.1. The second kappa shape index (κ2) is 8.00. The third-order valence-corrected chi connectivity index (χ3v) is 2.90. The van der Waals surface area contributed by atoms with Crippen molar-refractivity contribution in [3.05, 3.63) is 28.0 Å². The summed E-state index contributed by atoms with van der Waals surface area (Å²) in [6.07, 6.45) is 2.71. The fourth-order valence-electron chi connectivity index (χ4n) is 1.20. The smallest absolute Gasteiger partial charge is 0.328 e. The SMILES string of the molecule is CCOCCOCc1sccc1C=CC(=O)O. The maximum atomic E-state index is 10.4. The summed E-state index contributed by atoms with van der Waals surface area (Å²) in [7, 11) is 0. The predicted octanol–water partition coefficient (Wildman–Crippen LogP) is 2.40. The maximum Gasteiger partial charge on any atom is 0.328 e. The molecule has 0 amide bonds. The molecule has 0 aliphatic rings. The van der Waals surface area contributed by atoms with Gasteiger partial charge in [0.15, 0.2) is 0 Å². The van der Waals surface area contributed by atoms with Crippen molar-refractivity contribution in [3.63, 3.8) is 0 Å². The van der Waals surface area contributed by atoms with E-state index < -0.39 is 5.97 Å². The molecule has 0 bridgehead atoms. The summed E-state index contributed by atoms with van der Waals surface area (Å²) in [5.41, 5.74) is 0.897. The minimum Gasteiger partial charge on any atom is -0.478 e. The Morgan fingerprint density at radius 3 is 2.94 bits per heavy atom. The minimum atomic E-state index is -0.945. The van der Waals surface area contributed by atoms with Crippen LogP contribution >= 0.6 is 11.3 Å². The summed E-state index contributed by atoms with van der Waals surface area (Å²) >= 11 is 1.56. The van der Waals surface area contributed by atoms with E-state index in [0.717, 1.165) is 16.5 Å². The number of hydrogen-bond donors (Lipinski definition) is 1. The highest BCUT2D eigenvalue weighted by atomic mass is 32.1. The first-order chi connectivity index (χ1) is 8.24. The van der Waals surface area contributed by atoms with Crippen LogP contribution in [-0.2, 0) is 20.9 Å². The number of carbonyl (C=O) groups is 1. The second-order valence-corrected chi connectivity index (χ2v) is 4.22. The highest BCUT2D eigenvalue weighted by molar-refractivity contribution is 7.10. The van der Waals surface area contributed by atoms with Crippen molar-refractivity contribution < 1.29 is 19.4 Å². The van der Waals surface area contributed by atoms with Gasteiger partial charge in [-0.1, -0.05) is 0 Å². The third kappa shape index (κ3) is 5.63. The van der Waals surface area contributed by atoms with Gasteiger partial charge < -0.3 is 14.6 Å². The van der Waals surface area contributed by atoms with Gasteiger partial charge in [-0.05, 0) is 30.0 Å². The van der Waals surface area contributed by atoms with Gasteiger partial charge in [0.05, 0.1) is 19.8 Å². The van der Waals surface area contributed by atoms with Gasteiger partial charge in [0.25, 0.3) is 0 Å². The van der Waals surface area contributed by atoms with Crippen LogP contribution in [0.2, 0.25) is 0 Å². The molecule has 94 valence electrons. The zero-order valence-electron chi connectivity index (χ0n) is 9.72. The Bertz CT molecular complexity index is 370. The van der Waals surface area contributed by atoms with Gasteiger partial charge in [-0.3, -0.25) is 0 Å². The van der Waals surface area contributed by atoms with Crippen LogP contribution in [0, 0.1) is 0 Å². The average molecular weight is 256 g/mol. The average Bonchev–Trinajstić information content (AvgIpc) is 2.73. The second-order valence-electron chi connectivity index (χ2n) is 3.22. The molecule has 5 heteroatoms. The number of rotatable bonds is 8. The fraction of sp³-hybridized carbons (Fsp3) is 0.417. The van der Waals surface area contributed by atoms with Crippen molar-refractivity contribution in [2.45, 2.75) is 13.5 Å². The molecular formula is C12H16O4S. The van der Waals surface area contributed by atoms with E-state index in [1.165, 1.54) is 0 Å². The van der Waals surface area contributed by atoms with Crippen LogP contribution in [0.3, 0.4) is 0 Å². The Morgan fingerprint density at radius 1 is 1.47 bits per heavy atom. The largest absolute Gasteiger partial charge is 0.478 e. The van der Waals surface area contributed by atoms with Gasteiger partial charge in [-0.2, -0.15) is 0 Å². The molecule has 1 aromatic heterocycles. The number of aliphatic carboxylic acids is 1.